The molecule has 144 valence electrons. The van der Waals surface area contributed by atoms with Gasteiger partial charge in [-0.25, -0.2) is 4.98 Å². The number of nitrogens with zero attached hydrogens (tertiary/aromatic N) is 2. The van der Waals surface area contributed by atoms with Crippen molar-refractivity contribution < 1.29 is 9.53 Å². The lowest BCUT2D eigenvalue weighted by atomic mass is 10.00. The van der Waals surface area contributed by atoms with E-state index in [9.17, 15) is 4.79 Å². The lowest BCUT2D eigenvalue weighted by Crippen LogP contribution is -2.16. The lowest BCUT2D eigenvalue weighted by molar-refractivity contribution is 0.102. The highest BCUT2D eigenvalue weighted by atomic mass is 16.5. The third kappa shape index (κ3) is 4.22. The highest BCUT2D eigenvalue weighted by Crippen LogP contribution is 2.23. The summed E-state index contributed by atoms with van der Waals surface area (Å²) >= 11 is 0. The number of hydrogen-bond donors (Lipinski definition) is 3. The smallest absolute Gasteiger partial charge is 0.274 e. The third-order valence-electron chi connectivity index (χ3n) is 4.38. The Bertz CT molecular complexity index is 1130. The fourth-order valence-corrected chi connectivity index (χ4v) is 2.83. The van der Waals surface area contributed by atoms with Gasteiger partial charge in [-0.1, -0.05) is 0 Å². The molecule has 0 saturated heterocycles. The van der Waals surface area contributed by atoms with E-state index in [2.05, 4.69) is 10.3 Å². The van der Waals surface area contributed by atoms with Crippen molar-refractivity contribution in [2.75, 3.05) is 18.2 Å². The topological polar surface area (TPSA) is 125 Å². The second kappa shape index (κ2) is 8.23. The van der Waals surface area contributed by atoms with E-state index < -0.39 is 5.91 Å². The van der Waals surface area contributed by atoms with Crippen LogP contribution in [0.4, 0.5) is 11.4 Å². The molecule has 0 aliphatic heterocycles. The molecule has 0 saturated carbocycles. The van der Waals surface area contributed by atoms with Crippen molar-refractivity contribution in [2.45, 2.75) is 6.92 Å². The number of nitriles is 1. The Kier molecular flexibility index (Phi) is 5.56. The van der Waals surface area contributed by atoms with E-state index in [-0.39, 0.29) is 11.4 Å². The number of hydrogen-bond acceptors (Lipinski definition) is 6. The first kappa shape index (κ1) is 19.6. The molecule has 4 N–H and O–H groups in total. The Hall–Kier alpha value is -4.18. The number of benzene rings is 2. The number of rotatable bonds is 5. The predicted molar refractivity (Wildman–Crippen MR) is 111 cm³/mol. The van der Waals surface area contributed by atoms with Gasteiger partial charge in [0.25, 0.3) is 5.91 Å². The van der Waals surface area contributed by atoms with Crippen LogP contribution >= 0.6 is 0 Å². The Morgan fingerprint density at radius 2 is 1.93 bits per heavy atom. The summed E-state index contributed by atoms with van der Waals surface area (Å²) in [4.78, 5) is 16.7. The maximum atomic E-state index is 12.6. The number of carbonyl (C=O) groups excluding carboxylic acids is 1. The monoisotopic (exact) mass is 385 g/mol. The van der Waals surface area contributed by atoms with Gasteiger partial charge in [0.05, 0.1) is 18.4 Å². The number of aromatic nitrogens is 1. The summed E-state index contributed by atoms with van der Waals surface area (Å²) in [7, 11) is 1.58. The summed E-state index contributed by atoms with van der Waals surface area (Å²) in [6.45, 7) is 1.72. The van der Waals surface area contributed by atoms with Crippen molar-refractivity contribution in [1.82, 2.24) is 4.98 Å². The largest absolute Gasteiger partial charge is 0.497 e. The molecule has 7 heteroatoms. The molecular formula is C22H19N5O2. The van der Waals surface area contributed by atoms with Crippen molar-refractivity contribution in [2.24, 2.45) is 0 Å². The zero-order valence-corrected chi connectivity index (χ0v) is 16.0. The van der Waals surface area contributed by atoms with Crippen LogP contribution in [-0.4, -0.2) is 23.7 Å². The van der Waals surface area contributed by atoms with Gasteiger partial charge >= 0.3 is 0 Å². The number of anilines is 2. The SMILES string of the molecule is COc1ccc(C(=N)c2cc(NC(=O)c3ncc(C#N)cc3C)ccc2N)cc1. The van der Waals surface area contributed by atoms with E-state index in [1.807, 2.05) is 6.07 Å². The van der Waals surface area contributed by atoms with E-state index >= 15 is 0 Å². The number of nitrogen functional groups attached to an aromatic ring is 1. The number of aryl methyl sites for hydroxylation is 1. The van der Waals surface area contributed by atoms with E-state index in [0.29, 0.717) is 39.4 Å². The summed E-state index contributed by atoms with van der Waals surface area (Å²) in [5, 5.41) is 20.2. The minimum absolute atomic E-state index is 0.229. The van der Waals surface area contributed by atoms with Gasteiger partial charge in [0.2, 0.25) is 0 Å². The molecule has 0 spiro atoms. The molecule has 29 heavy (non-hydrogen) atoms. The Morgan fingerprint density at radius 3 is 2.55 bits per heavy atom. The average molecular weight is 385 g/mol. The van der Waals surface area contributed by atoms with Crippen LogP contribution in [0.2, 0.25) is 0 Å². The third-order valence-corrected chi connectivity index (χ3v) is 4.38. The lowest BCUT2D eigenvalue weighted by Gasteiger charge is -2.12. The second-order valence-corrected chi connectivity index (χ2v) is 6.36. The van der Waals surface area contributed by atoms with Crippen molar-refractivity contribution in [3.63, 3.8) is 0 Å². The molecule has 0 radical (unpaired) electrons. The minimum Gasteiger partial charge on any atom is -0.497 e. The van der Waals surface area contributed by atoms with Gasteiger partial charge in [-0.15, -0.1) is 0 Å². The number of ether oxygens (including phenoxy) is 1. The number of methoxy groups -OCH3 is 1. The molecule has 3 aromatic rings. The molecule has 0 aliphatic carbocycles. The van der Waals surface area contributed by atoms with E-state index in [4.69, 9.17) is 21.1 Å². The van der Waals surface area contributed by atoms with Gasteiger partial charge in [0, 0.05) is 28.7 Å². The van der Waals surface area contributed by atoms with Crippen LogP contribution < -0.4 is 15.8 Å². The molecule has 1 aromatic heterocycles. The number of nitrogens with two attached hydrogens (primary N) is 1. The van der Waals surface area contributed by atoms with Crippen LogP contribution in [0.15, 0.2) is 54.7 Å². The molecule has 0 atom stereocenters. The molecule has 0 unspecified atom stereocenters. The van der Waals surface area contributed by atoms with Gasteiger partial charge in [-0.3, -0.25) is 10.2 Å². The molecule has 7 nitrogen and oxygen atoms in total. The second-order valence-electron chi connectivity index (χ2n) is 6.36. The first-order chi connectivity index (χ1) is 13.9. The Balaban J connectivity index is 1.86. The number of pyridine rings is 1. The summed E-state index contributed by atoms with van der Waals surface area (Å²) in [6, 6.07) is 15.6. The molecule has 0 bridgehead atoms. The summed E-state index contributed by atoms with van der Waals surface area (Å²) in [6.07, 6.45) is 1.36. The molecular weight excluding hydrogens is 366 g/mol. The summed E-state index contributed by atoms with van der Waals surface area (Å²) in [5.74, 6) is 0.291. The van der Waals surface area contributed by atoms with Crippen molar-refractivity contribution in [3.8, 4) is 11.8 Å². The maximum Gasteiger partial charge on any atom is 0.274 e. The van der Waals surface area contributed by atoms with Crippen LogP contribution in [0, 0.1) is 23.7 Å². The normalized spacial score (nSPS) is 10.1. The van der Waals surface area contributed by atoms with E-state index in [1.165, 1.54) is 6.20 Å². The highest BCUT2D eigenvalue weighted by Gasteiger charge is 2.14. The van der Waals surface area contributed by atoms with Crippen LogP contribution in [0.3, 0.4) is 0 Å². The van der Waals surface area contributed by atoms with Gasteiger partial charge < -0.3 is 15.8 Å². The summed E-state index contributed by atoms with van der Waals surface area (Å²) < 4.78 is 5.14. The highest BCUT2D eigenvalue weighted by molar-refractivity contribution is 6.15. The number of carbonyl (C=O) groups is 1. The first-order valence-electron chi connectivity index (χ1n) is 8.74. The molecule has 3 rings (SSSR count). The standard InChI is InChI=1S/C22H19N5O2/c1-13-9-14(11-23)12-26-21(13)22(28)27-16-5-8-19(24)18(10-16)20(25)15-3-6-17(29-2)7-4-15/h3-10,12,25H,24H2,1-2H3,(H,27,28). The maximum absolute atomic E-state index is 12.6. The summed E-state index contributed by atoms with van der Waals surface area (Å²) in [5.41, 5.74) is 9.60. The van der Waals surface area contributed by atoms with Crippen LogP contribution in [0.1, 0.15) is 32.7 Å². The van der Waals surface area contributed by atoms with Gasteiger partial charge in [-0.05, 0) is 61.0 Å². The molecule has 1 amide bonds. The zero-order valence-electron chi connectivity index (χ0n) is 16.0. The van der Waals surface area contributed by atoms with Crippen LogP contribution in [0.5, 0.6) is 5.75 Å². The van der Waals surface area contributed by atoms with E-state index in [0.717, 1.165) is 0 Å². The Labute approximate surface area is 168 Å². The fraction of sp³-hybridized carbons (Fsp3) is 0.0909. The van der Waals surface area contributed by atoms with Crippen molar-refractivity contribution in [3.05, 3.63) is 82.7 Å². The minimum atomic E-state index is -0.404. The van der Waals surface area contributed by atoms with E-state index in [1.54, 1.807) is 62.6 Å². The van der Waals surface area contributed by atoms with Gasteiger partial charge in [0.1, 0.15) is 17.5 Å². The fourth-order valence-electron chi connectivity index (χ4n) is 2.83. The number of amides is 1. The molecule has 0 fully saturated rings. The quantitative estimate of drug-likeness (QED) is 0.458. The predicted octanol–water partition coefficient (Wildman–Crippen LogP) is 3.52. The van der Waals surface area contributed by atoms with Crippen molar-refractivity contribution in [1.29, 1.82) is 10.7 Å². The van der Waals surface area contributed by atoms with Gasteiger partial charge in [0.15, 0.2) is 0 Å². The number of nitrogens with one attached hydrogen (secondary N) is 2. The van der Waals surface area contributed by atoms with Crippen molar-refractivity contribution >= 4 is 23.0 Å². The molecule has 2 aromatic carbocycles. The molecule has 1 heterocycles. The molecule has 0 aliphatic rings. The van der Waals surface area contributed by atoms with Crippen LogP contribution in [0.25, 0.3) is 0 Å². The van der Waals surface area contributed by atoms with Crippen LogP contribution in [-0.2, 0) is 0 Å². The first-order valence-corrected chi connectivity index (χ1v) is 8.74. The van der Waals surface area contributed by atoms with Gasteiger partial charge in [-0.2, -0.15) is 5.26 Å². The average Bonchev–Trinajstić information content (AvgIpc) is 2.74. The Morgan fingerprint density at radius 1 is 1.21 bits per heavy atom. The zero-order chi connectivity index (χ0) is 21.0.